The van der Waals surface area contributed by atoms with E-state index < -0.39 is 5.91 Å². The summed E-state index contributed by atoms with van der Waals surface area (Å²) in [4.78, 5) is 24.8. The molecular formula is C16H19FN4O2. The first-order valence-corrected chi connectivity index (χ1v) is 7.19. The molecule has 0 saturated heterocycles. The molecule has 2 aromatic rings. The molecule has 0 fully saturated rings. The second kappa shape index (κ2) is 6.60. The summed E-state index contributed by atoms with van der Waals surface area (Å²) in [7, 11) is 1.51. The summed E-state index contributed by atoms with van der Waals surface area (Å²) < 4.78 is 14.7. The van der Waals surface area contributed by atoms with E-state index in [4.69, 9.17) is 5.73 Å². The smallest absolute Gasteiger partial charge is 0.257 e. The van der Waals surface area contributed by atoms with E-state index in [-0.39, 0.29) is 24.2 Å². The molecule has 2 rings (SSSR count). The molecule has 0 spiro atoms. The quantitative estimate of drug-likeness (QED) is 0.911. The van der Waals surface area contributed by atoms with Crippen molar-refractivity contribution in [1.29, 1.82) is 0 Å². The molecule has 7 heteroatoms. The summed E-state index contributed by atoms with van der Waals surface area (Å²) in [6, 6.07) is 5.86. The van der Waals surface area contributed by atoms with Crippen molar-refractivity contribution in [2.45, 2.75) is 19.8 Å². The largest absolute Gasteiger partial charge is 0.368 e. The number of benzene rings is 1. The number of amides is 2. The topological polar surface area (TPSA) is 81.2 Å². The van der Waals surface area contributed by atoms with Crippen LogP contribution in [0.4, 0.5) is 4.39 Å². The molecule has 0 atom stereocenters. The van der Waals surface area contributed by atoms with Crippen molar-refractivity contribution in [3.8, 4) is 5.69 Å². The van der Waals surface area contributed by atoms with Crippen LogP contribution in [0.2, 0.25) is 0 Å². The molecule has 6 nitrogen and oxygen atoms in total. The van der Waals surface area contributed by atoms with Crippen LogP contribution in [-0.4, -0.2) is 40.1 Å². The number of nitrogens with two attached hydrogens (primary N) is 1. The number of hydrogen-bond acceptors (Lipinski definition) is 3. The maximum absolute atomic E-state index is 13.1. The summed E-state index contributed by atoms with van der Waals surface area (Å²) >= 11 is 0. The van der Waals surface area contributed by atoms with Crippen LogP contribution in [0.3, 0.4) is 0 Å². The van der Waals surface area contributed by atoms with E-state index in [1.54, 1.807) is 16.8 Å². The molecule has 1 aromatic heterocycles. The molecule has 0 bridgehead atoms. The lowest BCUT2D eigenvalue weighted by atomic mass is 10.0. The number of carbonyl (C=O) groups is 2. The molecule has 0 aliphatic rings. The first-order valence-electron chi connectivity index (χ1n) is 7.19. The Labute approximate surface area is 133 Å². The minimum atomic E-state index is -0.585. The number of aromatic nitrogens is 2. The third-order valence-corrected chi connectivity index (χ3v) is 3.39. The zero-order chi connectivity index (χ0) is 17.1. The van der Waals surface area contributed by atoms with Crippen LogP contribution in [0.5, 0.6) is 0 Å². The highest BCUT2D eigenvalue weighted by atomic mass is 19.1. The third kappa shape index (κ3) is 3.56. The fraction of sp³-hybridized carbons (Fsp3) is 0.312. The fourth-order valence-electron chi connectivity index (χ4n) is 2.38. The molecule has 0 aliphatic heterocycles. The minimum Gasteiger partial charge on any atom is -0.368 e. The monoisotopic (exact) mass is 318 g/mol. The van der Waals surface area contributed by atoms with E-state index >= 15 is 0 Å². The first kappa shape index (κ1) is 16.7. The van der Waals surface area contributed by atoms with E-state index in [0.29, 0.717) is 16.9 Å². The van der Waals surface area contributed by atoms with E-state index in [1.165, 1.54) is 30.3 Å². The number of hydrogen-bond donors (Lipinski definition) is 1. The number of rotatable bonds is 5. The van der Waals surface area contributed by atoms with Gasteiger partial charge >= 0.3 is 0 Å². The maximum atomic E-state index is 13.1. The lowest BCUT2D eigenvalue weighted by Gasteiger charge is -2.17. The summed E-state index contributed by atoms with van der Waals surface area (Å²) in [5.74, 6) is -1.26. The SMILES string of the molecule is CC(C)c1c(C(=O)N(C)CC(N)=O)cnn1-c1ccc(F)cc1. The number of halogens is 1. The third-order valence-electron chi connectivity index (χ3n) is 3.39. The molecular weight excluding hydrogens is 299 g/mol. The number of likely N-dealkylation sites (N-methyl/N-ethyl adjacent to an activating group) is 1. The Kier molecular flexibility index (Phi) is 4.78. The van der Waals surface area contributed by atoms with Gasteiger partial charge in [-0.1, -0.05) is 13.8 Å². The van der Waals surface area contributed by atoms with Gasteiger partial charge in [0.1, 0.15) is 5.82 Å². The second-order valence-electron chi connectivity index (χ2n) is 5.61. The van der Waals surface area contributed by atoms with Gasteiger partial charge in [0.15, 0.2) is 0 Å². The Morgan fingerprint density at radius 3 is 2.43 bits per heavy atom. The van der Waals surface area contributed by atoms with Crippen LogP contribution in [-0.2, 0) is 4.79 Å². The van der Waals surface area contributed by atoms with Crippen molar-refractivity contribution in [3.05, 3.63) is 47.5 Å². The van der Waals surface area contributed by atoms with Crippen molar-refractivity contribution in [2.24, 2.45) is 5.73 Å². The van der Waals surface area contributed by atoms with Gasteiger partial charge in [-0.15, -0.1) is 0 Å². The summed E-state index contributed by atoms with van der Waals surface area (Å²) in [5.41, 5.74) is 6.88. The average molecular weight is 318 g/mol. The molecule has 2 amide bonds. The van der Waals surface area contributed by atoms with Crippen molar-refractivity contribution in [2.75, 3.05) is 13.6 Å². The standard InChI is InChI=1S/C16H19FN4O2/c1-10(2)15-13(16(23)20(3)9-14(18)22)8-19-21(15)12-6-4-11(17)5-7-12/h4-8,10H,9H2,1-3H3,(H2,18,22). The van der Waals surface area contributed by atoms with Crippen LogP contribution in [0, 0.1) is 5.82 Å². The van der Waals surface area contributed by atoms with Gasteiger partial charge in [0, 0.05) is 7.05 Å². The number of nitrogens with zero attached hydrogens (tertiary/aromatic N) is 3. The predicted octanol–water partition coefficient (Wildman–Crippen LogP) is 1.69. The van der Waals surface area contributed by atoms with Gasteiger partial charge in [-0.05, 0) is 30.2 Å². The van der Waals surface area contributed by atoms with Crippen LogP contribution in [0.1, 0.15) is 35.8 Å². The van der Waals surface area contributed by atoms with Gasteiger partial charge in [-0.25, -0.2) is 9.07 Å². The lowest BCUT2D eigenvalue weighted by Crippen LogP contribution is -2.35. The molecule has 1 aromatic carbocycles. The fourth-order valence-corrected chi connectivity index (χ4v) is 2.38. The highest BCUT2D eigenvalue weighted by Crippen LogP contribution is 2.24. The highest BCUT2D eigenvalue weighted by molar-refractivity contribution is 5.97. The second-order valence-corrected chi connectivity index (χ2v) is 5.61. The van der Waals surface area contributed by atoms with Crippen molar-refractivity contribution < 1.29 is 14.0 Å². The molecule has 0 saturated carbocycles. The average Bonchev–Trinajstić information content (AvgIpc) is 2.91. The van der Waals surface area contributed by atoms with Gasteiger partial charge in [0.05, 0.1) is 29.7 Å². The summed E-state index contributed by atoms with van der Waals surface area (Å²) in [6.45, 7) is 3.70. The number of carbonyl (C=O) groups excluding carboxylic acids is 2. The normalized spacial score (nSPS) is 10.8. The van der Waals surface area contributed by atoms with Gasteiger partial charge < -0.3 is 10.6 Å². The Bertz CT molecular complexity index is 722. The van der Waals surface area contributed by atoms with E-state index in [9.17, 15) is 14.0 Å². The van der Waals surface area contributed by atoms with Gasteiger partial charge in [-0.2, -0.15) is 5.10 Å². The Balaban J connectivity index is 2.44. The molecule has 0 aliphatic carbocycles. The summed E-state index contributed by atoms with van der Waals surface area (Å²) in [5, 5.41) is 4.25. The number of primary amides is 1. The highest BCUT2D eigenvalue weighted by Gasteiger charge is 2.23. The Morgan fingerprint density at radius 1 is 1.30 bits per heavy atom. The van der Waals surface area contributed by atoms with Crippen LogP contribution < -0.4 is 5.73 Å². The Hall–Kier alpha value is -2.70. The van der Waals surface area contributed by atoms with Crippen molar-refractivity contribution in [1.82, 2.24) is 14.7 Å². The Morgan fingerprint density at radius 2 is 1.91 bits per heavy atom. The van der Waals surface area contributed by atoms with Crippen LogP contribution in [0.25, 0.3) is 5.69 Å². The van der Waals surface area contributed by atoms with Gasteiger partial charge in [-0.3, -0.25) is 9.59 Å². The molecule has 1 heterocycles. The van der Waals surface area contributed by atoms with Gasteiger partial charge in [0.25, 0.3) is 5.91 Å². The van der Waals surface area contributed by atoms with E-state index in [1.807, 2.05) is 13.8 Å². The minimum absolute atomic E-state index is 0.00322. The van der Waals surface area contributed by atoms with Crippen molar-refractivity contribution >= 4 is 11.8 Å². The zero-order valence-corrected chi connectivity index (χ0v) is 13.3. The molecule has 0 unspecified atom stereocenters. The van der Waals surface area contributed by atoms with Crippen LogP contribution >= 0.6 is 0 Å². The van der Waals surface area contributed by atoms with E-state index in [2.05, 4.69) is 5.10 Å². The molecule has 0 radical (unpaired) electrons. The van der Waals surface area contributed by atoms with Crippen LogP contribution in [0.15, 0.2) is 30.5 Å². The maximum Gasteiger partial charge on any atom is 0.257 e. The summed E-state index contributed by atoms with van der Waals surface area (Å²) in [6.07, 6.45) is 1.46. The lowest BCUT2D eigenvalue weighted by molar-refractivity contribution is -0.118. The molecule has 23 heavy (non-hydrogen) atoms. The van der Waals surface area contributed by atoms with Crippen molar-refractivity contribution in [3.63, 3.8) is 0 Å². The predicted molar refractivity (Wildman–Crippen MR) is 83.8 cm³/mol. The first-order chi connectivity index (χ1) is 10.8. The van der Waals surface area contributed by atoms with Gasteiger partial charge in [0.2, 0.25) is 5.91 Å². The van der Waals surface area contributed by atoms with E-state index in [0.717, 1.165) is 0 Å². The zero-order valence-electron chi connectivity index (χ0n) is 13.3. The molecule has 2 N–H and O–H groups in total. The molecule has 122 valence electrons.